The second-order valence-corrected chi connectivity index (χ2v) is 8.02. The number of nitrogens with zero attached hydrogens (tertiary/aromatic N) is 2. The summed E-state index contributed by atoms with van der Waals surface area (Å²) in [6, 6.07) is 5.33. The molecule has 3 rings (SSSR count). The quantitative estimate of drug-likeness (QED) is 0.440. The number of ether oxygens (including phenoxy) is 2. The highest BCUT2D eigenvalue weighted by Gasteiger charge is 2.30. The largest absolute Gasteiger partial charge is 0.481 e. The van der Waals surface area contributed by atoms with Crippen LogP contribution >= 0.6 is 0 Å². The summed E-state index contributed by atoms with van der Waals surface area (Å²) < 4.78 is 10.5. The summed E-state index contributed by atoms with van der Waals surface area (Å²) in [5.41, 5.74) is 1.68. The Bertz CT molecular complexity index is 881. The molecule has 0 aromatic carbocycles. The number of carbonyl (C=O) groups is 2. The van der Waals surface area contributed by atoms with Gasteiger partial charge in [-0.1, -0.05) is 13.0 Å². The lowest BCUT2D eigenvalue weighted by Gasteiger charge is -2.16. The molecule has 10 nitrogen and oxygen atoms in total. The third-order valence-corrected chi connectivity index (χ3v) is 5.71. The number of alkyl carbamates (subject to hydrolysis) is 1. The number of aromatic nitrogens is 3. The van der Waals surface area contributed by atoms with Crippen molar-refractivity contribution in [3.8, 4) is 5.88 Å². The zero-order chi connectivity index (χ0) is 22.9. The Morgan fingerprint density at radius 2 is 2.19 bits per heavy atom. The number of rotatable bonds is 10. The van der Waals surface area contributed by atoms with Gasteiger partial charge in [0.2, 0.25) is 11.8 Å². The molecule has 2 aromatic rings. The van der Waals surface area contributed by atoms with Gasteiger partial charge in [0, 0.05) is 43.1 Å². The van der Waals surface area contributed by atoms with Gasteiger partial charge in [0.15, 0.2) is 5.82 Å². The second-order valence-electron chi connectivity index (χ2n) is 8.02. The van der Waals surface area contributed by atoms with Crippen LogP contribution in [0.5, 0.6) is 5.88 Å². The molecular weight excluding hydrogens is 414 g/mol. The number of aliphatic hydroxyl groups excluding tert-OH is 1. The van der Waals surface area contributed by atoms with E-state index in [0.717, 1.165) is 30.5 Å². The summed E-state index contributed by atoms with van der Waals surface area (Å²) in [6.07, 6.45) is 4.28. The average Bonchev–Trinajstić information content (AvgIpc) is 3.44. The van der Waals surface area contributed by atoms with E-state index in [4.69, 9.17) is 9.47 Å². The topological polar surface area (TPSA) is 138 Å². The molecule has 1 saturated carbocycles. The van der Waals surface area contributed by atoms with Crippen molar-refractivity contribution in [2.24, 2.45) is 5.92 Å². The number of pyridine rings is 1. The Morgan fingerprint density at radius 3 is 2.88 bits per heavy atom. The minimum atomic E-state index is -0.451. The van der Waals surface area contributed by atoms with Gasteiger partial charge >= 0.3 is 6.09 Å². The Balaban J connectivity index is 1.44. The molecule has 0 bridgehead atoms. The van der Waals surface area contributed by atoms with Crippen LogP contribution in [0.4, 0.5) is 10.6 Å². The molecule has 2 heterocycles. The maximum atomic E-state index is 12.3. The number of nitrogens with one attached hydrogen (secondary N) is 3. The van der Waals surface area contributed by atoms with E-state index in [1.54, 1.807) is 18.3 Å². The smallest absolute Gasteiger partial charge is 0.407 e. The number of aromatic amines is 1. The Morgan fingerprint density at radius 1 is 1.34 bits per heavy atom. The molecule has 0 radical (unpaired) electrons. The van der Waals surface area contributed by atoms with Gasteiger partial charge in [0.05, 0.1) is 13.5 Å². The monoisotopic (exact) mass is 445 g/mol. The summed E-state index contributed by atoms with van der Waals surface area (Å²) in [5.74, 6) is 0.990. The first-order valence-electron chi connectivity index (χ1n) is 10.9. The first-order chi connectivity index (χ1) is 15.5. The van der Waals surface area contributed by atoms with Crippen molar-refractivity contribution in [1.82, 2.24) is 20.5 Å². The molecule has 0 spiro atoms. The predicted octanol–water partition coefficient (Wildman–Crippen LogP) is 2.38. The zero-order valence-corrected chi connectivity index (χ0v) is 18.5. The van der Waals surface area contributed by atoms with E-state index in [1.165, 1.54) is 7.11 Å². The van der Waals surface area contributed by atoms with E-state index in [9.17, 15) is 14.7 Å². The highest BCUT2D eigenvalue weighted by Crippen LogP contribution is 2.35. The standard InChI is InChI=1S/C22H31N5O5/c1-3-14(13-28)11-24-22(30)32-17-6-5-16(9-17)18-10-19(27-26-18)25-20(29)8-15-4-7-21(31-2)23-12-15/h4,7,10,12,14,16-17,28H,3,5-6,8-9,11,13H2,1-2H3,(H,24,30)(H2,25,26,27,29)/t14?,16-,17?/m0/s1. The normalized spacial score (nSPS) is 18.7. The summed E-state index contributed by atoms with van der Waals surface area (Å²) in [5, 5.41) is 21.9. The van der Waals surface area contributed by atoms with E-state index in [1.807, 2.05) is 13.0 Å². The highest BCUT2D eigenvalue weighted by molar-refractivity contribution is 5.91. The number of hydrogen-bond donors (Lipinski definition) is 4. The third kappa shape index (κ3) is 6.68. The lowest BCUT2D eigenvalue weighted by molar-refractivity contribution is -0.115. The summed E-state index contributed by atoms with van der Waals surface area (Å²) in [6.45, 7) is 2.41. The zero-order valence-electron chi connectivity index (χ0n) is 18.5. The van der Waals surface area contributed by atoms with Crippen molar-refractivity contribution >= 4 is 17.8 Å². The number of hydrogen-bond acceptors (Lipinski definition) is 7. The van der Waals surface area contributed by atoms with Gasteiger partial charge in [-0.05, 0) is 37.2 Å². The van der Waals surface area contributed by atoms with Crippen molar-refractivity contribution in [3.05, 3.63) is 35.7 Å². The van der Waals surface area contributed by atoms with Crippen LogP contribution in [0.25, 0.3) is 0 Å². The van der Waals surface area contributed by atoms with Gasteiger partial charge in [0.25, 0.3) is 0 Å². The number of anilines is 1. The van der Waals surface area contributed by atoms with Crippen molar-refractivity contribution in [2.75, 3.05) is 25.6 Å². The molecule has 1 aliphatic carbocycles. The van der Waals surface area contributed by atoms with Crippen molar-refractivity contribution < 1.29 is 24.2 Å². The van der Waals surface area contributed by atoms with Crippen LogP contribution in [0.2, 0.25) is 0 Å². The van der Waals surface area contributed by atoms with Crippen LogP contribution in [0.3, 0.4) is 0 Å². The molecule has 1 aliphatic rings. The molecule has 2 unspecified atom stereocenters. The van der Waals surface area contributed by atoms with Crippen LogP contribution in [0, 0.1) is 5.92 Å². The average molecular weight is 446 g/mol. The minimum Gasteiger partial charge on any atom is -0.481 e. The van der Waals surface area contributed by atoms with Gasteiger partial charge in [-0.3, -0.25) is 9.89 Å². The van der Waals surface area contributed by atoms with Gasteiger partial charge in [-0.25, -0.2) is 9.78 Å². The third-order valence-electron chi connectivity index (χ3n) is 5.71. The molecular formula is C22H31N5O5. The van der Waals surface area contributed by atoms with E-state index < -0.39 is 6.09 Å². The van der Waals surface area contributed by atoms with E-state index in [2.05, 4.69) is 25.8 Å². The summed E-state index contributed by atoms with van der Waals surface area (Å²) in [7, 11) is 1.54. The van der Waals surface area contributed by atoms with Crippen molar-refractivity contribution in [3.63, 3.8) is 0 Å². The van der Waals surface area contributed by atoms with E-state index >= 15 is 0 Å². The van der Waals surface area contributed by atoms with Crippen LogP contribution in [-0.2, 0) is 16.0 Å². The SMILES string of the molecule is CCC(CO)CNC(=O)OC1CC[C@H](c2cc(NC(=O)Cc3ccc(OC)nc3)n[nH]2)C1. The van der Waals surface area contributed by atoms with Crippen LogP contribution in [0.1, 0.15) is 49.8 Å². The van der Waals surface area contributed by atoms with Gasteiger partial charge < -0.3 is 25.2 Å². The van der Waals surface area contributed by atoms with E-state index in [-0.39, 0.29) is 36.9 Å². The molecule has 0 saturated heterocycles. The van der Waals surface area contributed by atoms with Crippen LogP contribution < -0.4 is 15.4 Å². The maximum absolute atomic E-state index is 12.3. The molecule has 3 atom stereocenters. The maximum Gasteiger partial charge on any atom is 0.407 e. The first-order valence-corrected chi connectivity index (χ1v) is 10.9. The number of carbonyl (C=O) groups excluding carboxylic acids is 2. The number of amides is 2. The Hall–Kier alpha value is -3.14. The Labute approximate surface area is 187 Å². The van der Waals surface area contributed by atoms with Crippen molar-refractivity contribution in [1.29, 1.82) is 0 Å². The summed E-state index contributed by atoms with van der Waals surface area (Å²) >= 11 is 0. The molecule has 2 aromatic heterocycles. The highest BCUT2D eigenvalue weighted by atomic mass is 16.6. The fraction of sp³-hybridized carbons (Fsp3) is 0.545. The predicted molar refractivity (Wildman–Crippen MR) is 117 cm³/mol. The molecule has 174 valence electrons. The molecule has 32 heavy (non-hydrogen) atoms. The first kappa shape index (κ1) is 23.5. The molecule has 10 heteroatoms. The number of aliphatic hydroxyl groups is 1. The van der Waals surface area contributed by atoms with Crippen LogP contribution in [-0.4, -0.2) is 58.7 Å². The second kappa shape index (κ2) is 11.5. The molecule has 4 N–H and O–H groups in total. The lowest BCUT2D eigenvalue weighted by Crippen LogP contribution is -2.33. The molecule has 0 aliphatic heterocycles. The Kier molecular flexibility index (Phi) is 8.43. The fourth-order valence-corrected chi connectivity index (χ4v) is 3.71. The van der Waals surface area contributed by atoms with Crippen molar-refractivity contribution in [2.45, 2.75) is 51.0 Å². The molecule has 2 amide bonds. The number of methoxy groups -OCH3 is 1. The van der Waals surface area contributed by atoms with Gasteiger partial charge in [-0.2, -0.15) is 5.10 Å². The lowest BCUT2D eigenvalue weighted by atomic mass is 10.0. The fourth-order valence-electron chi connectivity index (χ4n) is 3.71. The molecule has 1 fully saturated rings. The van der Waals surface area contributed by atoms with Crippen LogP contribution in [0.15, 0.2) is 24.4 Å². The number of H-pyrrole nitrogens is 1. The summed E-state index contributed by atoms with van der Waals surface area (Å²) in [4.78, 5) is 28.4. The van der Waals surface area contributed by atoms with Gasteiger partial charge in [0.1, 0.15) is 6.10 Å². The van der Waals surface area contributed by atoms with Gasteiger partial charge in [-0.15, -0.1) is 0 Å². The van der Waals surface area contributed by atoms with E-state index in [0.29, 0.717) is 24.7 Å². The minimum absolute atomic E-state index is 0.0396.